The summed E-state index contributed by atoms with van der Waals surface area (Å²) in [4.78, 5) is 11.7. The molecule has 0 aromatic rings. The van der Waals surface area contributed by atoms with Crippen LogP contribution >= 0.6 is 0 Å². The third-order valence-corrected chi connectivity index (χ3v) is 5.27. The van der Waals surface area contributed by atoms with Gasteiger partial charge in [-0.2, -0.15) is 5.26 Å². The lowest BCUT2D eigenvalue weighted by molar-refractivity contribution is -0.147. The standard InChI is InChI=1S/C15H23NO2/c1-4-18-14(17)11(9-16)8-13-10-5-6-12(7-10)15(13,2)3/h10-13H,4-8H2,1-3H3. The van der Waals surface area contributed by atoms with Gasteiger partial charge in [0.15, 0.2) is 0 Å². The lowest BCUT2D eigenvalue weighted by Gasteiger charge is -2.39. The van der Waals surface area contributed by atoms with Crippen molar-refractivity contribution in [3.05, 3.63) is 0 Å². The molecule has 0 aromatic heterocycles. The van der Waals surface area contributed by atoms with Crippen molar-refractivity contribution >= 4 is 5.97 Å². The molecule has 2 rings (SSSR count). The number of carbonyl (C=O) groups excluding carboxylic acids is 1. The van der Waals surface area contributed by atoms with Gasteiger partial charge in [0.2, 0.25) is 0 Å². The first-order valence-electron chi connectivity index (χ1n) is 7.07. The number of nitriles is 1. The number of esters is 1. The Morgan fingerprint density at radius 2 is 2.22 bits per heavy atom. The Balaban J connectivity index is 2.04. The first-order chi connectivity index (χ1) is 8.50. The third-order valence-electron chi connectivity index (χ3n) is 5.27. The fraction of sp³-hybridized carbons (Fsp3) is 0.867. The molecule has 3 heteroatoms. The fourth-order valence-corrected chi connectivity index (χ4v) is 4.16. The number of ether oxygens (including phenoxy) is 1. The molecule has 2 saturated carbocycles. The zero-order chi connectivity index (χ0) is 13.3. The van der Waals surface area contributed by atoms with E-state index in [0.717, 1.165) is 11.8 Å². The van der Waals surface area contributed by atoms with Gasteiger partial charge in [0.25, 0.3) is 0 Å². The van der Waals surface area contributed by atoms with E-state index in [9.17, 15) is 10.1 Å². The van der Waals surface area contributed by atoms with E-state index in [1.54, 1.807) is 6.92 Å². The quantitative estimate of drug-likeness (QED) is 0.719. The Kier molecular flexibility index (Phi) is 3.66. The molecule has 0 aromatic carbocycles. The molecule has 100 valence electrons. The van der Waals surface area contributed by atoms with Crippen molar-refractivity contribution in [3.8, 4) is 6.07 Å². The summed E-state index contributed by atoms with van der Waals surface area (Å²) in [5.41, 5.74) is 0.282. The highest BCUT2D eigenvalue weighted by molar-refractivity contribution is 5.75. The monoisotopic (exact) mass is 249 g/mol. The maximum absolute atomic E-state index is 11.7. The highest BCUT2D eigenvalue weighted by Crippen LogP contribution is 2.60. The minimum atomic E-state index is -0.575. The summed E-state index contributed by atoms with van der Waals surface area (Å²) in [6.07, 6.45) is 4.58. The molecule has 4 unspecified atom stereocenters. The topological polar surface area (TPSA) is 50.1 Å². The van der Waals surface area contributed by atoms with Crippen molar-refractivity contribution in [2.24, 2.45) is 29.1 Å². The van der Waals surface area contributed by atoms with Crippen LogP contribution in [0.4, 0.5) is 0 Å². The SMILES string of the molecule is CCOC(=O)C(C#N)CC1C2CCC(C2)C1(C)C. The van der Waals surface area contributed by atoms with Gasteiger partial charge >= 0.3 is 5.97 Å². The minimum Gasteiger partial charge on any atom is -0.465 e. The van der Waals surface area contributed by atoms with Crippen molar-refractivity contribution in [2.45, 2.75) is 46.5 Å². The first-order valence-corrected chi connectivity index (χ1v) is 7.07. The van der Waals surface area contributed by atoms with E-state index in [2.05, 4.69) is 19.9 Å². The molecule has 0 aliphatic heterocycles. The zero-order valence-corrected chi connectivity index (χ0v) is 11.6. The van der Waals surface area contributed by atoms with Crippen LogP contribution in [0.15, 0.2) is 0 Å². The number of carbonyl (C=O) groups is 1. The van der Waals surface area contributed by atoms with E-state index in [1.165, 1.54) is 19.3 Å². The molecule has 4 atom stereocenters. The molecule has 2 bridgehead atoms. The second-order valence-corrected chi connectivity index (χ2v) is 6.37. The fourth-order valence-electron chi connectivity index (χ4n) is 4.16. The first kappa shape index (κ1) is 13.4. The van der Waals surface area contributed by atoms with Gasteiger partial charge in [-0.15, -0.1) is 0 Å². The lowest BCUT2D eigenvalue weighted by Crippen LogP contribution is -2.33. The average Bonchev–Trinajstić information content (AvgIpc) is 2.86. The molecule has 0 spiro atoms. The Labute approximate surface area is 110 Å². The Morgan fingerprint density at radius 1 is 1.50 bits per heavy atom. The summed E-state index contributed by atoms with van der Waals surface area (Å²) < 4.78 is 4.99. The van der Waals surface area contributed by atoms with Gasteiger partial charge in [-0.05, 0) is 55.8 Å². The molecule has 0 heterocycles. The van der Waals surface area contributed by atoms with Crippen molar-refractivity contribution in [1.29, 1.82) is 5.26 Å². The molecule has 3 nitrogen and oxygen atoms in total. The van der Waals surface area contributed by atoms with Crippen molar-refractivity contribution < 1.29 is 9.53 Å². The summed E-state index contributed by atoms with van der Waals surface area (Å²) in [5.74, 6) is 1.10. The highest BCUT2D eigenvalue weighted by atomic mass is 16.5. The maximum atomic E-state index is 11.7. The number of rotatable bonds is 4. The van der Waals surface area contributed by atoms with E-state index in [0.29, 0.717) is 18.9 Å². The van der Waals surface area contributed by atoms with E-state index < -0.39 is 5.92 Å². The van der Waals surface area contributed by atoms with Gasteiger partial charge in [-0.25, -0.2) is 0 Å². The molecule has 0 amide bonds. The Hall–Kier alpha value is -1.04. The number of nitrogens with zero attached hydrogens (tertiary/aromatic N) is 1. The summed E-state index contributed by atoms with van der Waals surface area (Å²) in [6, 6.07) is 2.14. The molecule has 2 aliphatic rings. The third kappa shape index (κ3) is 2.13. The van der Waals surface area contributed by atoms with Crippen LogP contribution in [0.1, 0.15) is 46.5 Å². The van der Waals surface area contributed by atoms with E-state index in [1.807, 2.05) is 0 Å². The predicted octanol–water partition coefficient (Wildman–Crippen LogP) is 3.15. The molecule has 0 saturated heterocycles. The molecular weight excluding hydrogens is 226 g/mol. The van der Waals surface area contributed by atoms with Crippen LogP contribution in [0.25, 0.3) is 0 Å². The highest BCUT2D eigenvalue weighted by Gasteiger charge is 2.53. The largest absolute Gasteiger partial charge is 0.465 e. The van der Waals surface area contributed by atoms with Crippen molar-refractivity contribution in [1.82, 2.24) is 0 Å². The second kappa shape index (κ2) is 4.91. The maximum Gasteiger partial charge on any atom is 0.323 e. The van der Waals surface area contributed by atoms with Crippen LogP contribution in [0.3, 0.4) is 0 Å². The van der Waals surface area contributed by atoms with Crippen LogP contribution in [-0.2, 0) is 9.53 Å². The zero-order valence-electron chi connectivity index (χ0n) is 11.6. The molecule has 0 radical (unpaired) electrons. The number of hydrogen-bond donors (Lipinski definition) is 0. The van der Waals surface area contributed by atoms with Gasteiger partial charge in [-0.1, -0.05) is 13.8 Å². The van der Waals surface area contributed by atoms with Crippen molar-refractivity contribution in [2.75, 3.05) is 6.61 Å². The average molecular weight is 249 g/mol. The molecule has 0 N–H and O–H groups in total. The number of fused-ring (bicyclic) bond motifs is 2. The molecule has 18 heavy (non-hydrogen) atoms. The lowest BCUT2D eigenvalue weighted by atomic mass is 9.66. The molecular formula is C15H23NO2. The van der Waals surface area contributed by atoms with Crippen LogP contribution < -0.4 is 0 Å². The van der Waals surface area contributed by atoms with Gasteiger partial charge in [0, 0.05) is 0 Å². The predicted molar refractivity (Wildman–Crippen MR) is 68.5 cm³/mol. The van der Waals surface area contributed by atoms with Gasteiger partial charge in [0.1, 0.15) is 5.92 Å². The summed E-state index contributed by atoms with van der Waals surface area (Å²) in [6.45, 7) is 6.76. The summed E-state index contributed by atoms with van der Waals surface area (Å²) in [7, 11) is 0. The molecule has 2 fully saturated rings. The molecule has 2 aliphatic carbocycles. The summed E-state index contributed by atoms with van der Waals surface area (Å²) >= 11 is 0. The second-order valence-electron chi connectivity index (χ2n) is 6.37. The normalized spacial score (nSPS) is 34.0. The summed E-state index contributed by atoms with van der Waals surface area (Å²) in [5, 5.41) is 9.17. The smallest absolute Gasteiger partial charge is 0.323 e. The Bertz CT molecular complexity index is 369. The van der Waals surface area contributed by atoms with Crippen LogP contribution in [-0.4, -0.2) is 12.6 Å². The Morgan fingerprint density at radius 3 is 2.72 bits per heavy atom. The minimum absolute atomic E-state index is 0.282. The van der Waals surface area contributed by atoms with E-state index in [-0.39, 0.29) is 11.4 Å². The van der Waals surface area contributed by atoms with Gasteiger partial charge in [-0.3, -0.25) is 4.79 Å². The van der Waals surface area contributed by atoms with Crippen molar-refractivity contribution in [3.63, 3.8) is 0 Å². The number of hydrogen-bond acceptors (Lipinski definition) is 3. The van der Waals surface area contributed by atoms with Gasteiger partial charge in [0.05, 0.1) is 12.7 Å². The van der Waals surface area contributed by atoms with Gasteiger partial charge < -0.3 is 4.74 Å². The van der Waals surface area contributed by atoms with Crippen LogP contribution in [0.5, 0.6) is 0 Å². The van der Waals surface area contributed by atoms with E-state index >= 15 is 0 Å². The van der Waals surface area contributed by atoms with Crippen LogP contribution in [0, 0.1) is 40.4 Å². The van der Waals surface area contributed by atoms with E-state index in [4.69, 9.17) is 4.74 Å². The van der Waals surface area contributed by atoms with Crippen LogP contribution in [0.2, 0.25) is 0 Å².